The molecule has 3 rings (SSSR count). The first-order valence-electron chi connectivity index (χ1n) is 9.17. The van der Waals surface area contributed by atoms with Gasteiger partial charge in [0.25, 0.3) is 5.91 Å². The van der Waals surface area contributed by atoms with Crippen LogP contribution < -0.4 is 5.73 Å². The zero-order valence-corrected chi connectivity index (χ0v) is 16.8. The largest absolute Gasteiger partial charge is 0.368 e. The number of hydrogen-bond acceptors (Lipinski definition) is 2. The van der Waals surface area contributed by atoms with Crippen molar-refractivity contribution in [3.63, 3.8) is 0 Å². The lowest BCUT2D eigenvalue weighted by molar-refractivity contribution is -0.123. The maximum atomic E-state index is 14.6. The Morgan fingerprint density at radius 3 is 2.20 bits per heavy atom. The average Bonchev–Trinajstić information content (AvgIpc) is 2.73. The quantitative estimate of drug-likeness (QED) is 0.597. The van der Waals surface area contributed by atoms with Crippen molar-refractivity contribution in [2.75, 3.05) is 0 Å². The molecule has 2 atom stereocenters. The van der Waals surface area contributed by atoms with Crippen LogP contribution in [0.2, 0.25) is 5.02 Å². The van der Waals surface area contributed by atoms with Crippen LogP contribution in [0.15, 0.2) is 72.8 Å². The van der Waals surface area contributed by atoms with E-state index in [0.29, 0.717) is 5.56 Å². The molecule has 0 aliphatic heterocycles. The van der Waals surface area contributed by atoms with Gasteiger partial charge >= 0.3 is 0 Å². The summed E-state index contributed by atoms with van der Waals surface area (Å²) < 4.78 is 29.0. The number of halogens is 3. The van der Waals surface area contributed by atoms with Crippen molar-refractivity contribution in [1.82, 2.24) is 4.90 Å². The summed E-state index contributed by atoms with van der Waals surface area (Å²) in [6, 6.07) is 15.4. The number of carbonyl (C=O) groups excluding carboxylic acids is 2. The van der Waals surface area contributed by atoms with Crippen molar-refractivity contribution in [2.45, 2.75) is 19.0 Å². The van der Waals surface area contributed by atoms with E-state index < -0.39 is 35.5 Å². The third-order valence-electron chi connectivity index (χ3n) is 4.83. The molecule has 0 spiro atoms. The molecule has 0 unspecified atom stereocenters. The summed E-state index contributed by atoms with van der Waals surface area (Å²) in [6.45, 7) is 1.53. The van der Waals surface area contributed by atoms with Gasteiger partial charge in [0.2, 0.25) is 5.91 Å². The lowest BCUT2D eigenvalue weighted by atomic mass is 9.97. The fourth-order valence-electron chi connectivity index (χ4n) is 3.37. The van der Waals surface area contributed by atoms with E-state index >= 15 is 0 Å². The van der Waals surface area contributed by atoms with Crippen molar-refractivity contribution in [2.24, 2.45) is 5.73 Å². The minimum Gasteiger partial charge on any atom is -0.368 e. The van der Waals surface area contributed by atoms with Crippen LogP contribution in [0, 0.1) is 11.6 Å². The van der Waals surface area contributed by atoms with Crippen molar-refractivity contribution >= 4 is 23.4 Å². The molecular weight excluding hydrogens is 410 g/mol. The van der Waals surface area contributed by atoms with Crippen LogP contribution in [-0.4, -0.2) is 16.7 Å². The van der Waals surface area contributed by atoms with E-state index in [2.05, 4.69) is 0 Å². The fourth-order valence-corrected chi connectivity index (χ4v) is 3.55. The second-order valence-electron chi connectivity index (χ2n) is 6.75. The number of amides is 2. The predicted molar refractivity (Wildman–Crippen MR) is 111 cm³/mol. The van der Waals surface area contributed by atoms with Crippen LogP contribution in [0.3, 0.4) is 0 Å². The van der Waals surface area contributed by atoms with Gasteiger partial charge < -0.3 is 10.6 Å². The number of rotatable bonds is 6. The molecule has 0 aromatic heterocycles. The van der Waals surface area contributed by atoms with Crippen molar-refractivity contribution in [3.05, 3.63) is 106 Å². The van der Waals surface area contributed by atoms with Gasteiger partial charge in [-0.05, 0) is 42.8 Å². The van der Waals surface area contributed by atoms with E-state index in [1.807, 2.05) is 0 Å². The Balaban J connectivity index is 2.20. The molecule has 0 saturated carbocycles. The number of nitrogens with two attached hydrogens (primary N) is 1. The molecule has 0 radical (unpaired) electrons. The first-order valence-corrected chi connectivity index (χ1v) is 9.55. The molecule has 3 aromatic rings. The Bertz CT molecular complexity index is 1080. The number of nitrogens with zero attached hydrogens (tertiary/aromatic N) is 1. The van der Waals surface area contributed by atoms with E-state index in [1.165, 1.54) is 43.3 Å². The van der Waals surface area contributed by atoms with Gasteiger partial charge in [-0.2, -0.15) is 0 Å². The number of benzene rings is 3. The maximum Gasteiger partial charge on any atom is 0.258 e. The van der Waals surface area contributed by atoms with Gasteiger partial charge in [0.1, 0.15) is 17.7 Å². The minimum atomic E-state index is -1.26. The summed E-state index contributed by atoms with van der Waals surface area (Å²) in [6.07, 6.45) is 0. The highest BCUT2D eigenvalue weighted by Crippen LogP contribution is 2.34. The molecule has 2 N–H and O–H groups in total. The summed E-state index contributed by atoms with van der Waals surface area (Å²) in [7, 11) is 0. The molecule has 0 aliphatic rings. The fraction of sp³-hybridized carbons (Fsp3) is 0.130. The highest BCUT2D eigenvalue weighted by Gasteiger charge is 2.36. The van der Waals surface area contributed by atoms with Gasteiger partial charge in [-0.15, -0.1) is 0 Å². The lowest BCUT2D eigenvalue weighted by Gasteiger charge is -2.36. The van der Waals surface area contributed by atoms with Gasteiger partial charge in [0.15, 0.2) is 0 Å². The normalized spacial score (nSPS) is 12.8. The Kier molecular flexibility index (Phi) is 6.47. The molecule has 4 nitrogen and oxygen atoms in total. The van der Waals surface area contributed by atoms with Crippen LogP contribution in [0.4, 0.5) is 8.78 Å². The van der Waals surface area contributed by atoms with Gasteiger partial charge in [-0.1, -0.05) is 54.1 Å². The molecule has 3 aromatic carbocycles. The summed E-state index contributed by atoms with van der Waals surface area (Å²) in [5.41, 5.74) is 5.90. The van der Waals surface area contributed by atoms with Crippen LogP contribution in [0.25, 0.3) is 0 Å². The van der Waals surface area contributed by atoms with E-state index in [1.54, 1.807) is 30.3 Å². The van der Waals surface area contributed by atoms with E-state index in [-0.39, 0.29) is 16.1 Å². The maximum absolute atomic E-state index is 14.6. The topological polar surface area (TPSA) is 63.4 Å². The van der Waals surface area contributed by atoms with Crippen LogP contribution in [-0.2, 0) is 4.79 Å². The summed E-state index contributed by atoms with van der Waals surface area (Å²) in [5.74, 6) is -3.01. The Labute approximate surface area is 177 Å². The number of hydrogen-bond donors (Lipinski definition) is 1. The second-order valence-corrected chi connectivity index (χ2v) is 7.19. The first-order chi connectivity index (χ1) is 14.3. The molecule has 0 aliphatic carbocycles. The monoisotopic (exact) mass is 428 g/mol. The Morgan fingerprint density at radius 1 is 0.933 bits per heavy atom. The summed E-state index contributed by atoms with van der Waals surface area (Å²) in [4.78, 5) is 27.0. The molecular formula is C23H19ClF2N2O2. The van der Waals surface area contributed by atoms with E-state index in [9.17, 15) is 18.4 Å². The second kappa shape index (κ2) is 9.05. The smallest absolute Gasteiger partial charge is 0.258 e. The van der Waals surface area contributed by atoms with Gasteiger partial charge in [0, 0.05) is 10.6 Å². The molecule has 30 heavy (non-hydrogen) atoms. The summed E-state index contributed by atoms with van der Waals surface area (Å²) in [5, 5.41) is 0.256. The van der Waals surface area contributed by atoms with Crippen LogP contribution in [0.5, 0.6) is 0 Å². The van der Waals surface area contributed by atoms with E-state index in [4.69, 9.17) is 17.3 Å². The minimum absolute atomic E-state index is 0.0781. The zero-order chi connectivity index (χ0) is 21.8. The van der Waals surface area contributed by atoms with E-state index in [0.717, 1.165) is 11.0 Å². The molecule has 0 fully saturated rings. The lowest BCUT2D eigenvalue weighted by Crippen LogP contribution is -2.43. The Morgan fingerprint density at radius 2 is 1.57 bits per heavy atom. The molecule has 0 bridgehead atoms. The highest BCUT2D eigenvalue weighted by atomic mass is 35.5. The SMILES string of the molecule is C[C@H](c1cc(Cl)ccc1F)N(C(=O)c1ccccc1F)[C@H](C(N)=O)c1ccccc1. The Hall–Kier alpha value is -3.25. The predicted octanol–water partition coefficient (Wildman–Crippen LogP) is 5.05. The van der Waals surface area contributed by atoms with Gasteiger partial charge in [0.05, 0.1) is 11.6 Å². The third kappa shape index (κ3) is 4.33. The molecule has 2 amide bonds. The average molecular weight is 429 g/mol. The van der Waals surface area contributed by atoms with Crippen molar-refractivity contribution in [3.8, 4) is 0 Å². The van der Waals surface area contributed by atoms with Crippen LogP contribution in [0.1, 0.15) is 40.5 Å². The van der Waals surface area contributed by atoms with Crippen LogP contribution >= 0.6 is 11.6 Å². The van der Waals surface area contributed by atoms with Gasteiger partial charge in [-0.25, -0.2) is 8.78 Å². The summed E-state index contributed by atoms with van der Waals surface area (Å²) >= 11 is 6.02. The highest BCUT2D eigenvalue weighted by molar-refractivity contribution is 6.30. The molecule has 154 valence electrons. The molecule has 0 heterocycles. The standard InChI is InChI=1S/C23H19ClF2N2O2/c1-14(18-13-16(24)11-12-20(18)26)28(23(30)17-9-5-6-10-19(17)25)21(22(27)29)15-7-3-2-4-8-15/h2-14,21H,1H3,(H2,27,29)/t14-,21+/m1/s1. The van der Waals surface area contributed by atoms with Gasteiger partial charge in [-0.3, -0.25) is 9.59 Å². The number of carbonyl (C=O) groups is 2. The zero-order valence-electron chi connectivity index (χ0n) is 16.1. The molecule has 7 heteroatoms. The van der Waals surface area contributed by atoms with Crippen molar-refractivity contribution < 1.29 is 18.4 Å². The molecule has 0 saturated heterocycles. The first kappa shape index (κ1) is 21.5. The number of primary amides is 1. The third-order valence-corrected chi connectivity index (χ3v) is 5.06. The van der Waals surface area contributed by atoms with Crippen molar-refractivity contribution in [1.29, 1.82) is 0 Å².